The summed E-state index contributed by atoms with van der Waals surface area (Å²) in [5, 5.41) is 4.45. The van der Waals surface area contributed by atoms with Gasteiger partial charge in [-0.3, -0.25) is 0 Å². The van der Waals surface area contributed by atoms with E-state index in [1.165, 1.54) is 32.6 Å². The van der Waals surface area contributed by atoms with Gasteiger partial charge >= 0.3 is 18.2 Å². The Morgan fingerprint density at radius 2 is 1.61 bits per heavy atom. The average molecular weight is 592 g/mol. The summed E-state index contributed by atoms with van der Waals surface area (Å²) in [6, 6.07) is 8.38. The Morgan fingerprint density at radius 1 is 0.951 bits per heavy atom. The van der Waals surface area contributed by atoms with Crippen molar-refractivity contribution in [1.82, 2.24) is 19.3 Å². The minimum atomic E-state index is -4.78. The molecule has 0 fully saturated rings. The Balaban J connectivity index is 1.45. The second-order valence-electron chi connectivity index (χ2n) is 8.54. The molecule has 0 unspecified atom stereocenters. The largest absolute Gasteiger partial charge is 0.424 e. The van der Waals surface area contributed by atoms with E-state index >= 15 is 0 Å². The summed E-state index contributed by atoms with van der Waals surface area (Å²) in [5.41, 5.74) is 5.09. The van der Waals surface area contributed by atoms with Crippen LogP contribution in [0.4, 0.5) is 39.5 Å². The summed E-state index contributed by atoms with van der Waals surface area (Å²) in [6.45, 7) is 0. The maximum absolute atomic E-state index is 13.5. The predicted molar refractivity (Wildman–Crippen MR) is 141 cm³/mol. The topological polar surface area (TPSA) is 152 Å². The SMILES string of the molecule is CN(C)S(=O)(=O)c1ccc(C(F)(F)F)cc1NC(=O)Nc1cnc(Oc2ccc(-c3cc(F)cnc3N)cc2)nc1. The van der Waals surface area contributed by atoms with Gasteiger partial charge in [-0.25, -0.2) is 36.9 Å². The number of alkyl halides is 3. The van der Waals surface area contributed by atoms with Crippen molar-refractivity contribution in [2.45, 2.75) is 11.1 Å². The van der Waals surface area contributed by atoms with Crippen LogP contribution in [0.2, 0.25) is 0 Å². The van der Waals surface area contributed by atoms with Crippen LogP contribution in [-0.2, 0) is 16.2 Å². The van der Waals surface area contributed by atoms with Gasteiger partial charge in [0.25, 0.3) is 0 Å². The smallest absolute Gasteiger partial charge is 0.416 e. The van der Waals surface area contributed by atoms with E-state index in [0.717, 1.165) is 16.6 Å². The van der Waals surface area contributed by atoms with E-state index in [9.17, 15) is 30.8 Å². The van der Waals surface area contributed by atoms with Crippen molar-refractivity contribution in [3.63, 3.8) is 0 Å². The first-order valence-electron chi connectivity index (χ1n) is 11.5. The molecule has 0 saturated heterocycles. The molecule has 4 N–H and O–H groups in total. The molecule has 4 aromatic rings. The number of carbonyl (C=O) groups excluding carboxylic acids is 1. The number of nitrogens with zero attached hydrogens (tertiary/aromatic N) is 4. The third-order valence-corrected chi connectivity index (χ3v) is 7.33. The zero-order valence-corrected chi connectivity index (χ0v) is 22.1. The van der Waals surface area contributed by atoms with Gasteiger partial charge in [0.1, 0.15) is 22.3 Å². The first-order valence-corrected chi connectivity index (χ1v) is 12.9. The Hall–Kier alpha value is -4.83. The number of rotatable bonds is 7. The highest BCUT2D eigenvalue weighted by molar-refractivity contribution is 7.89. The minimum Gasteiger partial charge on any atom is -0.424 e. The Morgan fingerprint density at radius 3 is 2.22 bits per heavy atom. The summed E-state index contributed by atoms with van der Waals surface area (Å²) in [5.74, 6) is -0.0624. The third-order valence-electron chi connectivity index (χ3n) is 5.46. The van der Waals surface area contributed by atoms with E-state index in [-0.39, 0.29) is 17.5 Å². The molecule has 11 nitrogen and oxygen atoms in total. The zero-order chi connectivity index (χ0) is 29.9. The van der Waals surface area contributed by atoms with Gasteiger partial charge < -0.3 is 21.1 Å². The number of benzene rings is 2. The molecule has 2 amide bonds. The van der Waals surface area contributed by atoms with Crippen molar-refractivity contribution in [3.8, 4) is 22.9 Å². The molecular weight excluding hydrogens is 570 g/mol. The summed E-state index contributed by atoms with van der Waals surface area (Å²) >= 11 is 0. The van der Waals surface area contributed by atoms with E-state index in [4.69, 9.17) is 10.5 Å². The van der Waals surface area contributed by atoms with Gasteiger partial charge in [0.2, 0.25) is 10.0 Å². The van der Waals surface area contributed by atoms with Gasteiger partial charge in [0, 0.05) is 19.7 Å². The molecule has 0 spiro atoms. The average Bonchev–Trinajstić information content (AvgIpc) is 2.91. The number of urea groups is 1. The highest BCUT2D eigenvalue weighted by Gasteiger charge is 2.33. The van der Waals surface area contributed by atoms with Crippen molar-refractivity contribution in [2.24, 2.45) is 0 Å². The highest BCUT2D eigenvalue weighted by atomic mass is 32.2. The lowest BCUT2D eigenvalue weighted by atomic mass is 10.1. The molecule has 0 bridgehead atoms. The fraction of sp³-hybridized carbons (Fsp3) is 0.120. The fourth-order valence-electron chi connectivity index (χ4n) is 3.43. The van der Waals surface area contributed by atoms with E-state index in [0.29, 0.717) is 29.0 Å². The maximum atomic E-state index is 13.5. The molecule has 0 radical (unpaired) electrons. The molecule has 214 valence electrons. The molecule has 2 heterocycles. The number of carbonyl (C=O) groups is 1. The van der Waals surface area contributed by atoms with Gasteiger partial charge in [-0.05, 0) is 42.0 Å². The number of anilines is 3. The van der Waals surface area contributed by atoms with Crippen molar-refractivity contribution < 1.29 is 35.5 Å². The number of aromatic nitrogens is 3. The van der Waals surface area contributed by atoms with Gasteiger partial charge in [-0.2, -0.15) is 13.2 Å². The molecule has 41 heavy (non-hydrogen) atoms. The summed E-state index contributed by atoms with van der Waals surface area (Å²) in [6.07, 6.45) is -1.44. The van der Waals surface area contributed by atoms with Gasteiger partial charge in [0.05, 0.1) is 35.5 Å². The number of hydrogen-bond acceptors (Lipinski definition) is 8. The van der Waals surface area contributed by atoms with Crippen molar-refractivity contribution >= 4 is 33.2 Å². The van der Waals surface area contributed by atoms with Gasteiger partial charge in [0.15, 0.2) is 0 Å². The van der Waals surface area contributed by atoms with Crippen LogP contribution in [0.15, 0.2) is 72.0 Å². The number of halogens is 4. The second-order valence-corrected chi connectivity index (χ2v) is 10.7. The molecule has 0 aliphatic carbocycles. The van der Waals surface area contributed by atoms with E-state index in [1.807, 2.05) is 0 Å². The van der Waals surface area contributed by atoms with Crippen molar-refractivity contribution in [3.05, 3.63) is 78.5 Å². The van der Waals surface area contributed by atoms with Crippen LogP contribution in [0.3, 0.4) is 0 Å². The molecule has 4 rings (SSSR count). The molecular formula is C25H21F4N7O4S. The molecule has 0 saturated carbocycles. The zero-order valence-electron chi connectivity index (χ0n) is 21.3. The number of nitrogens with one attached hydrogen (secondary N) is 2. The lowest BCUT2D eigenvalue weighted by Gasteiger charge is -2.18. The number of hydrogen-bond donors (Lipinski definition) is 3. The predicted octanol–water partition coefficient (Wildman–Crippen LogP) is 4.97. The second kappa shape index (κ2) is 11.3. The van der Waals surface area contributed by atoms with Crippen LogP contribution >= 0.6 is 0 Å². The number of pyridine rings is 1. The van der Waals surface area contributed by atoms with E-state index in [1.54, 1.807) is 24.3 Å². The number of nitrogens with two attached hydrogens (primary N) is 1. The molecule has 0 aliphatic heterocycles. The monoisotopic (exact) mass is 591 g/mol. The van der Waals surface area contributed by atoms with Crippen LogP contribution in [-0.4, -0.2) is 47.8 Å². The van der Waals surface area contributed by atoms with Crippen molar-refractivity contribution in [1.29, 1.82) is 0 Å². The Bertz CT molecular complexity index is 1680. The summed E-state index contributed by atoms with van der Waals surface area (Å²) in [4.78, 5) is 23.7. The van der Waals surface area contributed by atoms with Gasteiger partial charge in [-0.15, -0.1) is 0 Å². The number of nitrogen functional groups attached to an aromatic ring is 1. The standard InChI is InChI=1S/C25H21F4N7O4S/c1-36(2)41(38,39)21-8-5-15(25(27,28)29)9-20(21)35-23(37)34-17-12-32-24(33-13-17)40-18-6-3-14(4-7-18)19-10-16(26)11-31-22(19)30/h3-13H,1-2H3,(H2,30,31)(H2,34,35,37). The normalized spacial score (nSPS) is 11.8. The number of sulfonamides is 1. The van der Waals surface area contributed by atoms with Crippen LogP contribution in [0.5, 0.6) is 11.8 Å². The molecule has 2 aromatic heterocycles. The maximum Gasteiger partial charge on any atom is 0.416 e. The van der Waals surface area contributed by atoms with Crippen LogP contribution < -0.4 is 21.1 Å². The summed E-state index contributed by atoms with van der Waals surface area (Å²) in [7, 11) is -1.79. The quantitative estimate of drug-likeness (QED) is 0.255. The number of ether oxygens (including phenoxy) is 1. The Kier molecular flexibility index (Phi) is 8.07. The van der Waals surface area contributed by atoms with Gasteiger partial charge in [-0.1, -0.05) is 12.1 Å². The van der Waals surface area contributed by atoms with Crippen LogP contribution in [0, 0.1) is 5.82 Å². The molecule has 0 aliphatic rings. The first kappa shape index (κ1) is 29.2. The lowest BCUT2D eigenvalue weighted by molar-refractivity contribution is -0.137. The number of amides is 2. The summed E-state index contributed by atoms with van der Waals surface area (Å²) < 4.78 is 84.7. The Labute approximate surface area is 231 Å². The fourth-order valence-corrected chi connectivity index (χ4v) is 4.45. The molecule has 0 atom stereocenters. The first-order chi connectivity index (χ1) is 19.2. The van der Waals surface area contributed by atoms with E-state index < -0.39 is 44.2 Å². The minimum absolute atomic E-state index is 0.0308. The third kappa shape index (κ3) is 6.85. The van der Waals surface area contributed by atoms with E-state index in [2.05, 4.69) is 25.6 Å². The molecule has 2 aromatic carbocycles. The van der Waals surface area contributed by atoms with Crippen LogP contribution in [0.25, 0.3) is 11.1 Å². The highest BCUT2D eigenvalue weighted by Crippen LogP contribution is 2.34. The van der Waals surface area contributed by atoms with Crippen LogP contribution in [0.1, 0.15) is 5.56 Å². The van der Waals surface area contributed by atoms with Crippen molar-refractivity contribution in [2.75, 3.05) is 30.5 Å². The molecule has 16 heteroatoms. The lowest BCUT2D eigenvalue weighted by Crippen LogP contribution is -2.26.